The van der Waals surface area contributed by atoms with Crippen LogP contribution in [0.2, 0.25) is 0 Å². The first-order valence-electron chi connectivity index (χ1n) is 6.54. The zero-order valence-electron chi connectivity index (χ0n) is 11.5. The fourth-order valence-corrected chi connectivity index (χ4v) is 1.78. The van der Waals surface area contributed by atoms with Crippen molar-refractivity contribution >= 4 is 0 Å². The SMILES string of the molecule is C=CCc1cccc(OC)c1OCCCNCCO. The summed E-state index contributed by atoms with van der Waals surface area (Å²) in [6, 6.07) is 5.86. The van der Waals surface area contributed by atoms with Crippen molar-refractivity contribution in [2.75, 3.05) is 33.4 Å². The van der Waals surface area contributed by atoms with E-state index in [0.29, 0.717) is 13.2 Å². The molecule has 2 N–H and O–H groups in total. The van der Waals surface area contributed by atoms with Crippen molar-refractivity contribution in [3.63, 3.8) is 0 Å². The molecule has 0 amide bonds. The Morgan fingerprint density at radius 2 is 2.21 bits per heavy atom. The molecule has 0 aliphatic rings. The summed E-state index contributed by atoms with van der Waals surface area (Å²) in [6.07, 6.45) is 3.49. The average molecular weight is 265 g/mol. The standard InChI is InChI=1S/C15H23NO3/c1-3-6-13-7-4-8-14(18-2)15(13)19-12-5-9-16-10-11-17/h3-4,7-8,16-17H,1,5-6,9-12H2,2H3. The van der Waals surface area contributed by atoms with Crippen molar-refractivity contribution in [1.29, 1.82) is 0 Å². The van der Waals surface area contributed by atoms with Gasteiger partial charge in [-0.15, -0.1) is 6.58 Å². The van der Waals surface area contributed by atoms with E-state index in [9.17, 15) is 0 Å². The molecule has 0 saturated heterocycles. The Hall–Kier alpha value is -1.52. The number of hydrogen-bond acceptors (Lipinski definition) is 4. The smallest absolute Gasteiger partial charge is 0.164 e. The molecule has 0 aliphatic carbocycles. The summed E-state index contributed by atoms with van der Waals surface area (Å²) in [5.74, 6) is 1.55. The van der Waals surface area contributed by atoms with Gasteiger partial charge in [-0.2, -0.15) is 0 Å². The molecular formula is C15H23NO3. The molecule has 0 bridgehead atoms. The summed E-state index contributed by atoms with van der Waals surface area (Å²) in [6.45, 7) is 5.98. The lowest BCUT2D eigenvalue weighted by molar-refractivity contribution is 0.273. The first-order valence-corrected chi connectivity index (χ1v) is 6.54. The summed E-state index contributed by atoms with van der Waals surface area (Å²) in [7, 11) is 1.64. The molecule has 0 radical (unpaired) electrons. The van der Waals surface area contributed by atoms with Crippen LogP contribution in [0.1, 0.15) is 12.0 Å². The molecule has 0 unspecified atom stereocenters. The fraction of sp³-hybridized carbons (Fsp3) is 0.467. The third kappa shape index (κ3) is 5.32. The van der Waals surface area contributed by atoms with Crippen molar-refractivity contribution in [3.8, 4) is 11.5 Å². The van der Waals surface area contributed by atoms with Crippen LogP contribution in [0.15, 0.2) is 30.9 Å². The fourth-order valence-electron chi connectivity index (χ4n) is 1.78. The average Bonchev–Trinajstić information content (AvgIpc) is 2.44. The minimum Gasteiger partial charge on any atom is -0.493 e. The molecular weight excluding hydrogens is 242 g/mol. The van der Waals surface area contributed by atoms with Gasteiger partial charge < -0.3 is 19.9 Å². The largest absolute Gasteiger partial charge is 0.493 e. The van der Waals surface area contributed by atoms with Crippen LogP contribution in [0.5, 0.6) is 11.5 Å². The summed E-state index contributed by atoms with van der Waals surface area (Å²) < 4.78 is 11.1. The highest BCUT2D eigenvalue weighted by Crippen LogP contribution is 2.31. The van der Waals surface area contributed by atoms with Gasteiger partial charge in [0.15, 0.2) is 11.5 Å². The zero-order chi connectivity index (χ0) is 13.9. The molecule has 0 aliphatic heterocycles. The lowest BCUT2D eigenvalue weighted by atomic mass is 10.1. The number of methoxy groups -OCH3 is 1. The molecule has 1 aromatic rings. The second-order valence-corrected chi connectivity index (χ2v) is 4.12. The highest BCUT2D eigenvalue weighted by molar-refractivity contribution is 5.47. The van der Waals surface area contributed by atoms with Gasteiger partial charge in [0.2, 0.25) is 0 Å². The van der Waals surface area contributed by atoms with E-state index >= 15 is 0 Å². The van der Waals surface area contributed by atoms with Gasteiger partial charge in [-0.1, -0.05) is 18.2 Å². The van der Waals surface area contributed by atoms with E-state index in [0.717, 1.165) is 36.4 Å². The molecule has 4 nitrogen and oxygen atoms in total. The minimum atomic E-state index is 0.164. The van der Waals surface area contributed by atoms with Crippen molar-refractivity contribution in [2.45, 2.75) is 12.8 Å². The number of ether oxygens (including phenoxy) is 2. The van der Waals surface area contributed by atoms with E-state index in [1.807, 2.05) is 24.3 Å². The highest BCUT2D eigenvalue weighted by Gasteiger charge is 2.09. The zero-order valence-corrected chi connectivity index (χ0v) is 11.5. The van der Waals surface area contributed by atoms with E-state index in [2.05, 4.69) is 11.9 Å². The lowest BCUT2D eigenvalue weighted by Gasteiger charge is -2.14. The van der Waals surface area contributed by atoms with Gasteiger partial charge in [0, 0.05) is 12.1 Å². The predicted molar refractivity (Wildman–Crippen MR) is 77.0 cm³/mol. The van der Waals surface area contributed by atoms with Crippen molar-refractivity contribution in [3.05, 3.63) is 36.4 Å². The number of allylic oxidation sites excluding steroid dienone is 1. The Bertz CT molecular complexity index is 380. The van der Waals surface area contributed by atoms with Gasteiger partial charge in [-0.25, -0.2) is 0 Å². The summed E-state index contributed by atoms with van der Waals surface area (Å²) >= 11 is 0. The number of rotatable bonds is 10. The predicted octanol–water partition coefficient (Wildman–Crippen LogP) is 1.77. The van der Waals surface area contributed by atoms with E-state index < -0.39 is 0 Å². The molecule has 0 spiro atoms. The van der Waals surface area contributed by atoms with Crippen molar-refractivity contribution < 1.29 is 14.6 Å². The maximum absolute atomic E-state index is 8.64. The molecule has 0 aromatic heterocycles. The minimum absolute atomic E-state index is 0.164. The molecule has 0 atom stereocenters. The summed E-state index contributed by atoms with van der Waals surface area (Å²) in [5, 5.41) is 11.8. The van der Waals surface area contributed by atoms with Crippen LogP contribution >= 0.6 is 0 Å². The molecule has 1 aromatic carbocycles. The van der Waals surface area contributed by atoms with Crippen LogP contribution in [0.3, 0.4) is 0 Å². The Morgan fingerprint density at radius 1 is 1.37 bits per heavy atom. The second kappa shape index (κ2) is 9.42. The highest BCUT2D eigenvalue weighted by atomic mass is 16.5. The van der Waals surface area contributed by atoms with Gasteiger partial charge in [0.05, 0.1) is 20.3 Å². The number of aliphatic hydroxyl groups excluding tert-OH is 1. The summed E-state index contributed by atoms with van der Waals surface area (Å²) in [5.41, 5.74) is 1.08. The Labute approximate surface area is 115 Å². The molecule has 106 valence electrons. The maximum Gasteiger partial charge on any atom is 0.164 e. The number of hydrogen-bond donors (Lipinski definition) is 2. The number of benzene rings is 1. The normalized spacial score (nSPS) is 10.2. The Kier molecular flexibility index (Phi) is 7.70. The monoisotopic (exact) mass is 265 g/mol. The van der Waals surface area contributed by atoms with Crippen LogP contribution < -0.4 is 14.8 Å². The van der Waals surface area contributed by atoms with Gasteiger partial charge in [-0.3, -0.25) is 0 Å². The number of para-hydroxylation sites is 1. The van der Waals surface area contributed by atoms with Crippen molar-refractivity contribution in [2.24, 2.45) is 0 Å². The lowest BCUT2D eigenvalue weighted by Crippen LogP contribution is -2.21. The molecule has 4 heteroatoms. The number of aliphatic hydroxyl groups is 1. The Morgan fingerprint density at radius 3 is 2.89 bits per heavy atom. The van der Waals surface area contributed by atoms with E-state index in [4.69, 9.17) is 14.6 Å². The van der Waals surface area contributed by atoms with Crippen LogP contribution in [0.25, 0.3) is 0 Å². The molecule has 0 heterocycles. The second-order valence-electron chi connectivity index (χ2n) is 4.12. The van der Waals surface area contributed by atoms with E-state index in [1.165, 1.54) is 0 Å². The first-order chi connectivity index (χ1) is 9.33. The molecule has 0 fully saturated rings. The van der Waals surface area contributed by atoms with Crippen LogP contribution in [0, 0.1) is 0 Å². The maximum atomic E-state index is 8.64. The third-order valence-electron chi connectivity index (χ3n) is 2.68. The van der Waals surface area contributed by atoms with Gasteiger partial charge in [0.25, 0.3) is 0 Å². The van der Waals surface area contributed by atoms with Crippen LogP contribution in [-0.4, -0.2) is 38.5 Å². The molecule has 1 rings (SSSR count). The summed E-state index contributed by atoms with van der Waals surface area (Å²) in [4.78, 5) is 0. The molecule has 0 saturated carbocycles. The molecule has 19 heavy (non-hydrogen) atoms. The third-order valence-corrected chi connectivity index (χ3v) is 2.68. The van der Waals surface area contributed by atoms with E-state index in [1.54, 1.807) is 7.11 Å². The first kappa shape index (κ1) is 15.5. The van der Waals surface area contributed by atoms with Crippen LogP contribution in [0.4, 0.5) is 0 Å². The quantitative estimate of drug-likeness (QED) is 0.500. The van der Waals surface area contributed by atoms with Crippen LogP contribution in [-0.2, 0) is 6.42 Å². The van der Waals surface area contributed by atoms with Gasteiger partial charge in [-0.05, 0) is 25.5 Å². The topological polar surface area (TPSA) is 50.7 Å². The van der Waals surface area contributed by atoms with E-state index in [-0.39, 0.29) is 6.61 Å². The van der Waals surface area contributed by atoms with Gasteiger partial charge >= 0.3 is 0 Å². The number of nitrogens with one attached hydrogen (secondary N) is 1. The van der Waals surface area contributed by atoms with Gasteiger partial charge in [0.1, 0.15) is 0 Å². The Balaban J connectivity index is 2.52. The van der Waals surface area contributed by atoms with Crippen molar-refractivity contribution in [1.82, 2.24) is 5.32 Å².